The summed E-state index contributed by atoms with van der Waals surface area (Å²) in [7, 11) is 0. The molecule has 0 bridgehead atoms. The summed E-state index contributed by atoms with van der Waals surface area (Å²) in [6.07, 6.45) is 0. The van der Waals surface area contributed by atoms with E-state index >= 15 is 0 Å². The smallest absolute Gasteiger partial charge is 0.204 e. The van der Waals surface area contributed by atoms with Gasteiger partial charge in [-0.2, -0.15) is 0 Å². The van der Waals surface area contributed by atoms with Crippen molar-refractivity contribution in [2.24, 2.45) is 0 Å². The molecule has 0 unspecified atom stereocenters. The average Bonchev–Trinajstić information content (AvgIpc) is 2.77. The maximum absolute atomic E-state index is 12.0. The molecule has 2 aromatic rings. The van der Waals surface area contributed by atoms with Crippen molar-refractivity contribution in [1.29, 1.82) is 0 Å². The number of thiazole rings is 1. The van der Waals surface area contributed by atoms with Crippen molar-refractivity contribution in [1.82, 2.24) is 4.98 Å². The summed E-state index contributed by atoms with van der Waals surface area (Å²) >= 11 is 4.71. The molecule has 15 heavy (non-hydrogen) atoms. The first-order valence-corrected chi connectivity index (χ1v) is 6.41. The number of hydrogen-bond donors (Lipinski definition) is 0. The molecular weight excluding hydrogens is 274 g/mol. The zero-order chi connectivity index (χ0) is 10.7. The first-order chi connectivity index (χ1) is 7.33. The highest BCUT2D eigenvalue weighted by atomic mass is 79.9. The molecule has 0 amide bonds. The number of halogens is 1. The fraction of sp³-hybridized carbons (Fsp3) is 0.0909. The molecule has 0 aliphatic carbocycles. The van der Waals surface area contributed by atoms with E-state index in [0.717, 1.165) is 10.6 Å². The van der Waals surface area contributed by atoms with E-state index in [2.05, 4.69) is 20.9 Å². The van der Waals surface area contributed by atoms with Gasteiger partial charge < -0.3 is 0 Å². The molecule has 0 spiro atoms. The SMILES string of the molecule is O=C(c1ccccc1)c1scnc1CBr. The Morgan fingerprint density at radius 2 is 2.07 bits per heavy atom. The Bertz CT molecular complexity index is 466. The van der Waals surface area contributed by atoms with Crippen molar-refractivity contribution >= 4 is 33.0 Å². The molecule has 4 heteroatoms. The van der Waals surface area contributed by atoms with Crippen LogP contribution in [0.5, 0.6) is 0 Å². The van der Waals surface area contributed by atoms with Gasteiger partial charge in [0, 0.05) is 10.9 Å². The standard InChI is InChI=1S/C11H8BrNOS/c12-6-9-11(15-7-13-9)10(14)8-4-2-1-3-5-8/h1-5,7H,6H2. The van der Waals surface area contributed by atoms with E-state index in [-0.39, 0.29) is 5.78 Å². The van der Waals surface area contributed by atoms with Crippen molar-refractivity contribution in [3.8, 4) is 0 Å². The van der Waals surface area contributed by atoms with E-state index in [1.165, 1.54) is 11.3 Å². The first kappa shape index (κ1) is 10.5. The van der Waals surface area contributed by atoms with Crippen LogP contribution in [0.1, 0.15) is 20.9 Å². The molecule has 0 radical (unpaired) electrons. The summed E-state index contributed by atoms with van der Waals surface area (Å²) in [5, 5.41) is 0.615. The third-order valence-corrected chi connectivity index (χ3v) is 3.41. The molecule has 0 saturated carbocycles. The third-order valence-electron chi connectivity index (χ3n) is 2.01. The fourth-order valence-corrected chi connectivity index (χ4v) is 2.65. The summed E-state index contributed by atoms with van der Waals surface area (Å²) in [5.41, 5.74) is 3.23. The maximum Gasteiger partial charge on any atom is 0.204 e. The Morgan fingerprint density at radius 1 is 1.33 bits per heavy atom. The number of ketones is 1. The normalized spacial score (nSPS) is 10.2. The summed E-state index contributed by atoms with van der Waals surface area (Å²) in [4.78, 5) is 16.9. The maximum atomic E-state index is 12.0. The van der Waals surface area contributed by atoms with Gasteiger partial charge in [0.1, 0.15) is 0 Å². The van der Waals surface area contributed by atoms with Gasteiger partial charge in [-0.15, -0.1) is 11.3 Å². The van der Waals surface area contributed by atoms with Crippen LogP contribution in [0.25, 0.3) is 0 Å². The number of hydrogen-bond acceptors (Lipinski definition) is 3. The number of carbonyl (C=O) groups excluding carboxylic acids is 1. The van der Waals surface area contributed by atoms with Gasteiger partial charge in [-0.1, -0.05) is 46.3 Å². The molecule has 0 aliphatic heterocycles. The Morgan fingerprint density at radius 3 is 2.73 bits per heavy atom. The van der Waals surface area contributed by atoms with Crippen LogP contribution in [0.15, 0.2) is 35.8 Å². The van der Waals surface area contributed by atoms with E-state index < -0.39 is 0 Å². The minimum Gasteiger partial charge on any atom is -0.288 e. The van der Waals surface area contributed by atoms with Gasteiger partial charge in [-0.05, 0) is 0 Å². The number of aromatic nitrogens is 1. The van der Waals surface area contributed by atoms with E-state index in [0.29, 0.717) is 10.9 Å². The predicted molar refractivity (Wildman–Crippen MR) is 64.6 cm³/mol. The molecule has 0 aliphatic rings. The number of rotatable bonds is 3. The molecule has 1 heterocycles. The zero-order valence-electron chi connectivity index (χ0n) is 7.81. The lowest BCUT2D eigenvalue weighted by Gasteiger charge is -1.98. The summed E-state index contributed by atoms with van der Waals surface area (Å²) in [6.45, 7) is 0. The van der Waals surface area contributed by atoms with Gasteiger partial charge in [0.25, 0.3) is 0 Å². The Kier molecular flexibility index (Phi) is 3.28. The highest BCUT2D eigenvalue weighted by Gasteiger charge is 2.15. The highest BCUT2D eigenvalue weighted by molar-refractivity contribution is 9.08. The topological polar surface area (TPSA) is 30.0 Å². The van der Waals surface area contributed by atoms with Crippen LogP contribution in [0, 0.1) is 0 Å². The quantitative estimate of drug-likeness (QED) is 0.639. The van der Waals surface area contributed by atoms with Gasteiger partial charge in [0.05, 0.1) is 16.1 Å². The van der Waals surface area contributed by atoms with E-state index in [4.69, 9.17) is 0 Å². The van der Waals surface area contributed by atoms with Gasteiger partial charge in [-0.3, -0.25) is 4.79 Å². The largest absolute Gasteiger partial charge is 0.288 e. The van der Waals surface area contributed by atoms with E-state index in [9.17, 15) is 4.79 Å². The molecule has 0 N–H and O–H groups in total. The minimum absolute atomic E-state index is 0.0487. The predicted octanol–water partition coefficient (Wildman–Crippen LogP) is 3.27. The molecule has 0 saturated heterocycles. The lowest BCUT2D eigenvalue weighted by molar-refractivity contribution is 0.104. The molecule has 0 atom stereocenters. The van der Waals surface area contributed by atoms with Crippen molar-refractivity contribution in [3.05, 3.63) is 52.0 Å². The average molecular weight is 282 g/mol. The summed E-state index contributed by atoms with van der Waals surface area (Å²) < 4.78 is 0. The van der Waals surface area contributed by atoms with Gasteiger partial charge >= 0.3 is 0 Å². The van der Waals surface area contributed by atoms with E-state index in [1.54, 1.807) is 5.51 Å². The third kappa shape index (κ3) is 2.16. The lowest BCUT2D eigenvalue weighted by atomic mass is 10.1. The first-order valence-electron chi connectivity index (χ1n) is 4.41. The number of alkyl halides is 1. The Labute approximate surface area is 100 Å². The molecule has 2 rings (SSSR count). The van der Waals surface area contributed by atoms with Gasteiger partial charge in [0.2, 0.25) is 5.78 Å². The van der Waals surface area contributed by atoms with Crippen LogP contribution in [0.3, 0.4) is 0 Å². The number of benzene rings is 1. The second-order valence-corrected chi connectivity index (χ2v) is 4.37. The summed E-state index contributed by atoms with van der Waals surface area (Å²) in [5.74, 6) is 0.0487. The van der Waals surface area contributed by atoms with Crippen LogP contribution < -0.4 is 0 Å². The number of nitrogens with zero attached hydrogens (tertiary/aromatic N) is 1. The molecule has 0 fully saturated rings. The molecule has 1 aromatic carbocycles. The minimum atomic E-state index is 0.0487. The van der Waals surface area contributed by atoms with Crippen LogP contribution >= 0.6 is 27.3 Å². The van der Waals surface area contributed by atoms with Crippen LogP contribution in [-0.2, 0) is 5.33 Å². The molecule has 76 valence electrons. The second kappa shape index (κ2) is 4.68. The second-order valence-electron chi connectivity index (χ2n) is 2.96. The van der Waals surface area contributed by atoms with Crippen LogP contribution in [-0.4, -0.2) is 10.8 Å². The van der Waals surface area contributed by atoms with Crippen molar-refractivity contribution in [2.75, 3.05) is 0 Å². The summed E-state index contributed by atoms with van der Waals surface area (Å²) in [6, 6.07) is 9.26. The Hall–Kier alpha value is -1.00. The van der Waals surface area contributed by atoms with E-state index in [1.807, 2.05) is 30.3 Å². The number of carbonyl (C=O) groups is 1. The van der Waals surface area contributed by atoms with Crippen LogP contribution in [0.4, 0.5) is 0 Å². The molecular formula is C11H8BrNOS. The fourth-order valence-electron chi connectivity index (χ4n) is 1.27. The molecule has 2 nitrogen and oxygen atoms in total. The van der Waals surface area contributed by atoms with Gasteiger partial charge in [-0.25, -0.2) is 4.98 Å². The van der Waals surface area contributed by atoms with Crippen molar-refractivity contribution in [2.45, 2.75) is 5.33 Å². The van der Waals surface area contributed by atoms with Crippen molar-refractivity contribution in [3.63, 3.8) is 0 Å². The lowest BCUT2D eigenvalue weighted by Crippen LogP contribution is -2.01. The van der Waals surface area contributed by atoms with Gasteiger partial charge in [0.15, 0.2) is 0 Å². The Balaban J connectivity index is 2.37. The highest BCUT2D eigenvalue weighted by Crippen LogP contribution is 2.20. The molecule has 1 aromatic heterocycles. The monoisotopic (exact) mass is 281 g/mol. The van der Waals surface area contributed by atoms with Crippen molar-refractivity contribution < 1.29 is 4.79 Å². The van der Waals surface area contributed by atoms with Crippen LogP contribution in [0.2, 0.25) is 0 Å². The zero-order valence-corrected chi connectivity index (χ0v) is 10.2.